The first kappa shape index (κ1) is 12.5. The quantitative estimate of drug-likeness (QED) is 0.646. The summed E-state index contributed by atoms with van der Waals surface area (Å²) >= 11 is 0. The number of nitrogens with two attached hydrogens (primary N) is 2. The SMILES string of the molecule is CC1CCC(C(N)=O)CN1CCCCN. The summed E-state index contributed by atoms with van der Waals surface area (Å²) in [6.07, 6.45) is 4.21. The Morgan fingerprint density at radius 2 is 2.13 bits per heavy atom. The maximum atomic E-state index is 11.1. The van der Waals surface area contributed by atoms with Crippen molar-refractivity contribution >= 4 is 5.91 Å². The molecule has 88 valence electrons. The number of carbonyl (C=O) groups is 1. The van der Waals surface area contributed by atoms with Gasteiger partial charge in [-0.15, -0.1) is 0 Å². The Bertz CT molecular complexity index is 208. The molecule has 2 unspecified atom stereocenters. The second-order valence-electron chi connectivity index (χ2n) is 4.52. The number of hydrogen-bond donors (Lipinski definition) is 2. The molecule has 1 aliphatic heterocycles. The Hall–Kier alpha value is -0.610. The van der Waals surface area contributed by atoms with Crippen LogP contribution in [0.1, 0.15) is 32.6 Å². The zero-order valence-corrected chi connectivity index (χ0v) is 9.61. The summed E-state index contributed by atoms with van der Waals surface area (Å²) in [4.78, 5) is 13.5. The lowest BCUT2D eigenvalue weighted by molar-refractivity contribution is -0.123. The van der Waals surface area contributed by atoms with Gasteiger partial charge in [-0.05, 0) is 45.7 Å². The number of primary amides is 1. The van der Waals surface area contributed by atoms with E-state index in [1.54, 1.807) is 0 Å². The summed E-state index contributed by atoms with van der Waals surface area (Å²) in [7, 11) is 0. The molecule has 1 fully saturated rings. The van der Waals surface area contributed by atoms with Gasteiger partial charge >= 0.3 is 0 Å². The van der Waals surface area contributed by atoms with Crippen molar-refractivity contribution in [2.45, 2.75) is 38.6 Å². The van der Waals surface area contributed by atoms with Crippen molar-refractivity contribution in [3.63, 3.8) is 0 Å². The van der Waals surface area contributed by atoms with E-state index in [9.17, 15) is 4.79 Å². The highest BCUT2D eigenvalue weighted by Crippen LogP contribution is 2.21. The van der Waals surface area contributed by atoms with Gasteiger partial charge in [-0.2, -0.15) is 0 Å². The fraction of sp³-hybridized carbons (Fsp3) is 0.909. The summed E-state index contributed by atoms with van der Waals surface area (Å²) in [5, 5.41) is 0. The maximum Gasteiger partial charge on any atom is 0.221 e. The first-order valence-corrected chi connectivity index (χ1v) is 5.88. The Kier molecular flexibility index (Phi) is 5.05. The van der Waals surface area contributed by atoms with Crippen molar-refractivity contribution in [1.82, 2.24) is 4.90 Å². The minimum atomic E-state index is -0.147. The Labute approximate surface area is 92.0 Å². The molecular formula is C11H23N3O. The predicted molar refractivity (Wildman–Crippen MR) is 61.2 cm³/mol. The summed E-state index contributed by atoms with van der Waals surface area (Å²) in [6, 6.07) is 0.582. The molecular weight excluding hydrogens is 190 g/mol. The number of rotatable bonds is 5. The molecule has 2 atom stereocenters. The topological polar surface area (TPSA) is 72.4 Å². The van der Waals surface area contributed by atoms with E-state index in [1.165, 1.54) is 0 Å². The van der Waals surface area contributed by atoms with Gasteiger partial charge in [0, 0.05) is 12.6 Å². The molecule has 0 aromatic carbocycles. The Morgan fingerprint density at radius 3 is 2.73 bits per heavy atom. The lowest BCUT2D eigenvalue weighted by Crippen LogP contribution is -2.46. The normalized spacial score (nSPS) is 27.9. The van der Waals surface area contributed by atoms with Crippen LogP contribution in [-0.4, -0.2) is 36.5 Å². The predicted octanol–water partition coefficient (Wildman–Crippen LogP) is 0.311. The van der Waals surface area contributed by atoms with Crippen LogP contribution in [0.4, 0.5) is 0 Å². The van der Waals surface area contributed by atoms with Crippen molar-refractivity contribution < 1.29 is 4.79 Å². The van der Waals surface area contributed by atoms with E-state index in [2.05, 4.69) is 11.8 Å². The standard InChI is InChI=1S/C11H23N3O/c1-9-4-5-10(11(13)15)8-14(9)7-3-2-6-12/h9-10H,2-8,12H2,1H3,(H2,13,15). The van der Waals surface area contributed by atoms with Gasteiger partial charge in [0.25, 0.3) is 0 Å². The maximum absolute atomic E-state index is 11.1. The van der Waals surface area contributed by atoms with Crippen LogP contribution in [0.2, 0.25) is 0 Å². The summed E-state index contributed by atoms with van der Waals surface area (Å²) in [5.41, 5.74) is 10.8. The van der Waals surface area contributed by atoms with Crippen molar-refractivity contribution in [1.29, 1.82) is 0 Å². The van der Waals surface area contributed by atoms with E-state index in [0.29, 0.717) is 6.04 Å². The van der Waals surface area contributed by atoms with Crippen LogP contribution in [0.15, 0.2) is 0 Å². The molecule has 4 nitrogen and oxygen atoms in total. The number of likely N-dealkylation sites (tertiary alicyclic amines) is 1. The average Bonchev–Trinajstić information content (AvgIpc) is 2.20. The number of nitrogens with zero attached hydrogens (tertiary/aromatic N) is 1. The van der Waals surface area contributed by atoms with Crippen molar-refractivity contribution in [3.05, 3.63) is 0 Å². The van der Waals surface area contributed by atoms with E-state index < -0.39 is 0 Å². The van der Waals surface area contributed by atoms with Crippen LogP contribution >= 0.6 is 0 Å². The minimum absolute atomic E-state index is 0.0547. The smallest absolute Gasteiger partial charge is 0.221 e. The monoisotopic (exact) mass is 213 g/mol. The molecule has 0 aromatic heterocycles. The molecule has 4 heteroatoms. The molecule has 0 radical (unpaired) electrons. The fourth-order valence-corrected chi connectivity index (χ4v) is 2.18. The number of hydrogen-bond acceptors (Lipinski definition) is 3. The Morgan fingerprint density at radius 1 is 1.40 bits per heavy atom. The van der Waals surface area contributed by atoms with Crippen LogP contribution in [-0.2, 0) is 4.79 Å². The molecule has 1 aliphatic rings. The molecule has 1 saturated heterocycles. The second kappa shape index (κ2) is 6.08. The molecule has 4 N–H and O–H groups in total. The second-order valence-corrected chi connectivity index (χ2v) is 4.52. The molecule has 15 heavy (non-hydrogen) atoms. The van der Waals surface area contributed by atoms with E-state index in [1.807, 2.05) is 0 Å². The molecule has 0 bridgehead atoms. The van der Waals surface area contributed by atoms with E-state index in [-0.39, 0.29) is 11.8 Å². The first-order chi connectivity index (χ1) is 7.15. The highest BCUT2D eigenvalue weighted by molar-refractivity contribution is 5.76. The third kappa shape index (κ3) is 3.80. The van der Waals surface area contributed by atoms with E-state index in [0.717, 1.165) is 45.3 Å². The summed E-state index contributed by atoms with van der Waals surface area (Å²) in [6.45, 7) is 4.85. The van der Waals surface area contributed by atoms with Crippen LogP contribution in [0, 0.1) is 5.92 Å². The number of amides is 1. The van der Waals surface area contributed by atoms with E-state index in [4.69, 9.17) is 11.5 Å². The van der Waals surface area contributed by atoms with Gasteiger partial charge < -0.3 is 11.5 Å². The molecule has 1 amide bonds. The van der Waals surface area contributed by atoms with Gasteiger partial charge in [-0.1, -0.05) is 0 Å². The van der Waals surface area contributed by atoms with Crippen molar-refractivity contribution in [3.8, 4) is 0 Å². The molecule has 1 rings (SSSR count). The molecule has 0 saturated carbocycles. The molecule has 0 spiro atoms. The molecule has 1 heterocycles. The first-order valence-electron chi connectivity index (χ1n) is 5.88. The van der Waals surface area contributed by atoms with Crippen molar-refractivity contribution in [2.75, 3.05) is 19.6 Å². The van der Waals surface area contributed by atoms with Gasteiger partial charge in [0.15, 0.2) is 0 Å². The molecule has 0 aliphatic carbocycles. The number of unbranched alkanes of at least 4 members (excludes halogenated alkanes) is 1. The van der Waals surface area contributed by atoms with E-state index >= 15 is 0 Å². The number of carbonyl (C=O) groups excluding carboxylic acids is 1. The lowest BCUT2D eigenvalue weighted by atomic mass is 9.93. The van der Waals surface area contributed by atoms with Gasteiger partial charge in [-0.25, -0.2) is 0 Å². The van der Waals surface area contributed by atoms with Crippen molar-refractivity contribution in [2.24, 2.45) is 17.4 Å². The highest BCUT2D eigenvalue weighted by Gasteiger charge is 2.27. The zero-order valence-electron chi connectivity index (χ0n) is 9.61. The van der Waals surface area contributed by atoms with Gasteiger partial charge in [0.1, 0.15) is 0 Å². The summed E-state index contributed by atoms with van der Waals surface area (Å²) < 4.78 is 0. The average molecular weight is 213 g/mol. The lowest BCUT2D eigenvalue weighted by Gasteiger charge is -2.36. The minimum Gasteiger partial charge on any atom is -0.369 e. The highest BCUT2D eigenvalue weighted by atomic mass is 16.1. The van der Waals surface area contributed by atoms with Crippen LogP contribution < -0.4 is 11.5 Å². The fourth-order valence-electron chi connectivity index (χ4n) is 2.18. The van der Waals surface area contributed by atoms with Gasteiger partial charge in [-0.3, -0.25) is 9.69 Å². The number of piperidine rings is 1. The third-order valence-corrected chi connectivity index (χ3v) is 3.31. The van der Waals surface area contributed by atoms with Crippen LogP contribution in [0.3, 0.4) is 0 Å². The largest absolute Gasteiger partial charge is 0.369 e. The van der Waals surface area contributed by atoms with Gasteiger partial charge in [0.05, 0.1) is 5.92 Å². The zero-order chi connectivity index (χ0) is 11.3. The van der Waals surface area contributed by atoms with Crippen LogP contribution in [0.5, 0.6) is 0 Å². The van der Waals surface area contributed by atoms with Crippen LogP contribution in [0.25, 0.3) is 0 Å². The van der Waals surface area contributed by atoms with Gasteiger partial charge in [0.2, 0.25) is 5.91 Å². The summed E-state index contributed by atoms with van der Waals surface area (Å²) in [5.74, 6) is -0.0928. The Balaban J connectivity index is 2.36. The molecule has 0 aromatic rings. The third-order valence-electron chi connectivity index (χ3n) is 3.31.